The van der Waals surface area contributed by atoms with Crippen LogP contribution in [0.2, 0.25) is 0 Å². The molecule has 1 aromatic heterocycles. The predicted molar refractivity (Wildman–Crippen MR) is 81.4 cm³/mol. The summed E-state index contributed by atoms with van der Waals surface area (Å²) in [6.45, 7) is 4.97. The van der Waals surface area contributed by atoms with Crippen LogP contribution in [0.5, 0.6) is 0 Å². The molecule has 1 heterocycles. The second kappa shape index (κ2) is 6.23. The summed E-state index contributed by atoms with van der Waals surface area (Å²) in [6.07, 6.45) is 2.09. The van der Waals surface area contributed by atoms with E-state index in [0.717, 1.165) is 36.6 Å². The van der Waals surface area contributed by atoms with Crippen LogP contribution >= 0.6 is 0 Å². The van der Waals surface area contributed by atoms with E-state index in [1.165, 1.54) is 11.1 Å². The number of hydrogen-bond acceptors (Lipinski definition) is 3. The normalized spacial score (nSPS) is 10.4. The molecule has 0 spiro atoms. The number of nitrogen functional groups attached to an aromatic ring is 1. The van der Waals surface area contributed by atoms with Crippen LogP contribution in [0.1, 0.15) is 23.7 Å². The molecule has 0 fully saturated rings. The van der Waals surface area contributed by atoms with Crippen LogP contribution in [-0.2, 0) is 12.8 Å². The van der Waals surface area contributed by atoms with E-state index in [0.29, 0.717) is 0 Å². The quantitative estimate of drug-likeness (QED) is 0.862. The minimum absolute atomic E-state index is 0.737. The molecule has 2 aromatic rings. The van der Waals surface area contributed by atoms with Crippen molar-refractivity contribution in [3.8, 4) is 0 Å². The van der Waals surface area contributed by atoms with E-state index in [1.807, 2.05) is 19.1 Å². The highest BCUT2D eigenvalue weighted by atomic mass is 15.0. The minimum atomic E-state index is 0.737. The number of rotatable bonds is 5. The number of benzene rings is 1. The molecule has 1 aromatic carbocycles. The summed E-state index contributed by atoms with van der Waals surface area (Å²) in [6, 6.07) is 12.6. The number of anilines is 2. The van der Waals surface area contributed by atoms with Gasteiger partial charge in [-0.1, -0.05) is 31.2 Å². The molecule has 0 amide bonds. The van der Waals surface area contributed by atoms with Gasteiger partial charge in [0.2, 0.25) is 0 Å². The first kappa shape index (κ1) is 13.4. The van der Waals surface area contributed by atoms with E-state index in [1.54, 1.807) is 0 Å². The van der Waals surface area contributed by atoms with Gasteiger partial charge >= 0.3 is 0 Å². The van der Waals surface area contributed by atoms with Crippen molar-refractivity contribution in [2.45, 2.75) is 26.7 Å². The third kappa shape index (κ3) is 3.71. The van der Waals surface area contributed by atoms with Gasteiger partial charge in [-0.3, -0.25) is 0 Å². The number of pyridine rings is 1. The number of aromatic nitrogens is 1. The first-order valence-electron chi connectivity index (χ1n) is 6.74. The molecule has 3 N–H and O–H groups in total. The van der Waals surface area contributed by atoms with Gasteiger partial charge in [-0.15, -0.1) is 0 Å². The molecule has 0 saturated heterocycles. The van der Waals surface area contributed by atoms with Crippen molar-refractivity contribution in [1.29, 1.82) is 0 Å². The lowest BCUT2D eigenvalue weighted by atomic mass is 10.1. The predicted octanol–water partition coefficient (Wildman–Crippen LogP) is 3.19. The van der Waals surface area contributed by atoms with Gasteiger partial charge in [0.25, 0.3) is 0 Å². The van der Waals surface area contributed by atoms with Crippen LogP contribution in [0.25, 0.3) is 0 Å². The summed E-state index contributed by atoms with van der Waals surface area (Å²) in [7, 11) is 0. The molecule has 19 heavy (non-hydrogen) atoms. The van der Waals surface area contributed by atoms with Crippen molar-refractivity contribution in [1.82, 2.24) is 4.98 Å². The standard InChI is InChI=1S/C16H21N3/c1-3-13-4-6-14(7-5-13)10-11-18-16-9-8-15(17)12(2)19-16/h4-9H,3,10-11,17H2,1-2H3,(H,18,19). The minimum Gasteiger partial charge on any atom is -0.397 e. The summed E-state index contributed by atoms with van der Waals surface area (Å²) in [5.41, 5.74) is 10.1. The van der Waals surface area contributed by atoms with Crippen LogP contribution in [-0.4, -0.2) is 11.5 Å². The number of nitrogens with one attached hydrogen (secondary N) is 1. The second-order valence-electron chi connectivity index (χ2n) is 4.72. The number of hydrogen-bond donors (Lipinski definition) is 2. The maximum Gasteiger partial charge on any atom is 0.126 e. The van der Waals surface area contributed by atoms with Gasteiger partial charge in [-0.05, 0) is 43.0 Å². The van der Waals surface area contributed by atoms with E-state index >= 15 is 0 Å². The number of nitrogens with zero attached hydrogens (tertiary/aromatic N) is 1. The lowest BCUT2D eigenvalue weighted by Gasteiger charge is -2.08. The van der Waals surface area contributed by atoms with E-state index in [2.05, 4.69) is 41.5 Å². The fourth-order valence-corrected chi connectivity index (χ4v) is 1.95. The zero-order valence-corrected chi connectivity index (χ0v) is 11.6. The molecule has 0 bridgehead atoms. The van der Waals surface area contributed by atoms with Crippen LogP contribution < -0.4 is 11.1 Å². The zero-order valence-electron chi connectivity index (χ0n) is 11.6. The fourth-order valence-electron chi connectivity index (χ4n) is 1.95. The summed E-state index contributed by atoms with van der Waals surface area (Å²) in [5, 5.41) is 3.32. The van der Waals surface area contributed by atoms with Crippen molar-refractivity contribution < 1.29 is 0 Å². The van der Waals surface area contributed by atoms with Gasteiger partial charge in [0.1, 0.15) is 5.82 Å². The van der Waals surface area contributed by atoms with Gasteiger partial charge in [0.05, 0.1) is 11.4 Å². The summed E-state index contributed by atoms with van der Waals surface area (Å²) >= 11 is 0. The smallest absolute Gasteiger partial charge is 0.126 e. The molecule has 0 unspecified atom stereocenters. The SMILES string of the molecule is CCc1ccc(CCNc2ccc(N)c(C)n2)cc1. The Morgan fingerprint density at radius 1 is 1.05 bits per heavy atom. The Morgan fingerprint density at radius 2 is 1.74 bits per heavy atom. The van der Waals surface area contributed by atoms with Crippen molar-refractivity contribution in [2.75, 3.05) is 17.6 Å². The van der Waals surface area contributed by atoms with Crippen LogP contribution in [0.3, 0.4) is 0 Å². The number of nitrogens with two attached hydrogens (primary N) is 1. The van der Waals surface area contributed by atoms with Gasteiger partial charge in [0, 0.05) is 6.54 Å². The van der Waals surface area contributed by atoms with Crippen molar-refractivity contribution in [3.05, 3.63) is 53.2 Å². The van der Waals surface area contributed by atoms with Gasteiger partial charge in [-0.25, -0.2) is 4.98 Å². The Balaban J connectivity index is 1.86. The van der Waals surface area contributed by atoms with Crippen molar-refractivity contribution >= 4 is 11.5 Å². The summed E-state index contributed by atoms with van der Waals surface area (Å²) < 4.78 is 0. The fraction of sp³-hybridized carbons (Fsp3) is 0.312. The monoisotopic (exact) mass is 255 g/mol. The van der Waals surface area contributed by atoms with Gasteiger partial charge in [0.15, 0.2) is 0 Å². The zero-order chi connectivity index (χ0) is 13.7. The van der Waals surface area contributed by atoms with E-state index in [4.69, 9.17) is 5.73 Å². The summed E-state index contributed by atoms with van der Waals surface area (Å²) in [4.78, 5) is 4.40. The Hall–Kier alpha value is -2.03. The maximum absolute atomic E-state index is 5.75. The summed E-state index contributed by atoms with van der Waals surface area (Å²) in [5.74, 6) is 0.886. The van der Waals surface area contributed by atoms with Gasteiger partial charge < -0.3 is 11.1 Å². The second-order valence-corrected chi connectivity index (χ2v) is 4.72. The van der Waals surface area contributed by atoms with Gasteiger partial charge in [-0.2, -0.15) is 0 Å². The first-order chi connectivity index (χ1) is 9.19. The highest BCUT2D eigenvalue weighted by Crippen LogP contribution is 2.12. The molecule has 3 heteroatoms. The first-order valence-corrected chi connectivity index (χ1v) is 6.74. The molecule has 0 aliphatic carbocycles. The molecular formula is C16H21N3. The molecule has 100 valence electrons. The lowest BCUT2D eigenvalue weighted by molar-refractivity contribution is 0.997. The number of aryl methyl sites for hydroxylation is 2. The maximum atomic E-state index is 5.75. The van der Waals surface area contributed by atoms with Crippen molar-refractivity contribution in [2.24, 2.45) is 0 Å². The Morgan fingerprint density at radius 3 is 2.37 bits per heavy atom. The van der Waals surface area contributed by atoms with Crippen molar-refractivity contribution in [3.63, 3.8) is 0 Å². The average Bonchev–Trinajstić information content (AvgIpc) is 2.43. The third-order valence-electron chi connectivity index (χ3n) is 3.28. The Labute approximate surface area is 114 Å². The molecule has 0 saturated carbocycles. The van der Waals surface area contributed by atoms with E-state index in [9.17, 15) is 0 Å². The average molecular weight is 255 g/mol. The Kier molecular flexibility index (Phi) is 4.39. The van der Waals surface area contributed by atoms with Crippen LogP contribution in [0.15, 0.2) is 36.4 Å². The topological polar surface area (TPSA) is 50.9 Å². The molecule has 0 atom stereocenters. The van der Waals surface area contributed by atoms with Crippen LogP contribution in [0.4, 0.5) is 11.5 Å². The highest BCUT2D eigenvalue weighted by molar-refractivity contribution is 5.49. The Bertz CT molecular complexity index is 532. The molecular weight excluding hydrogens is 234 g/mol. The lowest BCUT2D eigenvalue weighted by Crippen LogP contribution is -2.07. The third-order valence-corrected chi connectivity index (χ3v) is 3.28. The molecule has 0 radical (unpaired) electrons. The van der Waals surface area contributed by atoms with E-state index < -0.39 is 0 Å². The molecule has 0 aliphatic heterocycles. The largest absolute Gasteiger partial charge is 0.397 e. The molecule has 2 rings (SSSR count). The molecule has 0 aliphatic rings. The molecule has 3 nitrogen and oxygen atoms in total. The van der Waals surface area contributed by atoms with E-state index in [-0.39, 0.29) is 0 Å². The highest BCUT2D eigenvalue weighted by Gasteiger charge is 1.98. The van der Waals surface area contributed by atoms with Crippen LogP contribution in [0, 0.1) is 6.92 Å².